The van der Waals surface area contributed by atoms with Gasteiger partial charge >= 0.3 is 7.12 Å². The van der Waals surface area contributed by atoms with E-state index in [2.05, 4.69) is 69.0 Å². The van der Waals surface area contributed by atoms with E-state index in [1.807, 2.05) is 12.3 Å². The molecule has 0 amide bonds. The topological polar surface area (TPSA) is 45.5 Å². The van der Waals surface area contributed by atoms with Gasteiger partial charge in [0, 0.05) is 26.3 Å². The Hall–Kier alpha value is -1.15. The van der Waals surface area contributed by atoms with Gasteiger partial charge in [0.15, 0.2) is 0 Å². The van der Waals surface area contributed by atoms with Crippen LogP contribution in [0, 0.1) is 0 Å². The molecule has 0 aliphatic carbocycles. The molecular weight excluding hydrogens is 343 g/mol. The number of aromatic nitrogens is 2. The number of rotatable bonds is 6. The lowest BCUT2D eigenvalue weighted by Gasteiger charge is -2.32. The molecule has 1 aliphatic rings. The van der Waals surface area contributed by atoms with Gasteiger partial charge in [0.2, 0.25) is 0 Å². The summed E-state index contributed by atoms with van der Waals surface area (Å²) in [5.74, 6) is 0. The van der Waals surface area contributed by atoms with E-state index in [-0.39, 0.29) is 11.2 Å². The van der Waals surface area contributed by atoms with Gasteiger partial charge in [-0.3, -0.25) is 0 Å². The Morgan fingerprint density at radius 1 is 1.15 bits per heavy atom. The summed E-state index contributed by atoms with van der Waals surface area (Å²) in [6, 6.07) is 7.26. The Balaban J connectivity index is 1.86. The molecule has 0 aromatic carbocycles. The molecule has 3 rings (SSSR count). The van der Waals surface area contributed by atoms with Gasteiger partial charge < -0.3 is 18.6 Å². The first-order valence-corrected chi connectivity index (χ1v) is 13.1. The smallest absolute Gasteiger partial charge is 0.398 e. The van der Waals surface area contributed by atoms with E-state index in [0.717, 1.165) is 29.3 Å². The highest BCUT2D eigenvalue weighted by molar-refractivity contribution is 6.76. The van der Waals surface area contributed by atoms with Crippen molar-refractivity contribution in [2.75, 3.05) is 6.61 Å². The summed E-state index contributed by atoms with van der Waals surface area (Å²) in [6.07, 6.45) is 1.81. The third kappa shape index (κ3) is 3.91. The number of ether oxygens (including phenoxy) is 1. The molecule has 1 aliphatic heterocycles. The lowest BCUT2D eigenvalue weighted by atomic mass is 9.84. The SMILES string of the molecule is CC1(C)OB(c2cc3cccnc3n2COCC[Si](C)(C)C)OC1(C)C. The minimum Gasteiger partial charge on any atom is -0.398 e. The monoisotopic (exact) mass is 374 g/mol. The Morgan fingerprint density at radius 3 is 2.42 bits per heavy atom. The molecular formula is C19H31BN2O3Si. The van der Waals surface area contributed by atoms with Gasteiger partial charge in [0.25, 0.3) is 0 Å². The summed E-state index contributed by atoms with van der Waals surface area (Å²) in [5, 5.41) is 1.08. The van der Waals surface area contributed by atoms with Crippen LogP contribution in [-0.2, 0) is 20.8 Å². The molecule has 1 saturated heterocycles. The van der Waals surface area contributed by atoms with E-state index in [4.69, 9.17) is 14.0 Å². The first-order chi connectivity index (χ1) is 12.0. The van der Waals surface area contributed by atoms with Gasteiger partial charge in [0.1, 0.15) is 12.4 Å². The maximum Gasteiger partial charge on any atom is 0.512 e. The summed E-state index contributed by atoms with van der Waals surface area (Å²) < 4.78 is 20.6. The van der Waals surface area contributed by atoms with Crippen LogP contribution in [0.2, 0.25) is 25.7 Å². The second-order valence-electron chi connectivity index (χ2n) is 9.35. The van der Waals surface area contributed by atoms with Crippen molar-refractivity contribution in [2.24, 2.45) is 0 Å². The van der Waals surface area contributed by atoms with Gasteiger partial charge in [0.05, 0.1) is 16.8 Å². The zero-order valence-electron chi connectivity index (χ0n) is 17.1. The van der Waals surface area contributed by atoms with Gasteiger partial charge in [-0.05, 0) is 51.9 Å². The average Bonchev–Trinajstić information content (AvgIpc) is 2.97. The standard InChI is InChI=1S/C19H31BN2O3Si/c1-18(2)19(3,4)25-20(24-18)16-13-15-9-8-10-21-17(15)22(16)14-23-11-12-26(5,6)7/h8-10,13H,11-12,14H2,1-7H3. The molecule has 2 aromatic rings. The molecule has 142 valence electrons. The Kier molecular flexibility index (Phi) is 5.12. The summed E-state index contributed by atoms with van der Waals surface area (Å²) in [4.78, 5) is 4.55. The first-order valence-electron chi connectivity index (χ1n) is 9.38. The van der Waals surface area contributed by atoms with Gasteiger partial charge in [-0.2, -0.15) is 0 Å². The number of hydrogen-bond acceptors (Lipinski definition) is 4. The quantitative estimate of drug-likeness (QED) is 0.572. The van der Waals surface area contributed by atoms with Gasteiger partial charge in [-0.1, -0.05) is 19.6 Å². The van der Waals surface area contributed by atoms with Gasteiger partial charge in [-0.25, -0.2) is 4.98 Å². The predicted octanol–water partition coefficient (Wildman–Crippen LogP) is 3.65. The molecule has 2 aromatic heterocycles. The fourth-order valence-corrected chi connectivity index (χ4v) is 3.69. The van der Waals surface area contributed by atoms with Crippen LogP contribution in [0.25, 0.3) is 11.0 Å². The second kappa shape index (κ2) is 6.78. The molecule has 0 N–H and O–H groups in total. The number of fused-ring (bicyclic) bond motifs is 1. The van der Waals surface area contributed by atoms with Crippen LogP contribution in [0.5, 0.6) is 0 Å². The Bertz CT molecular complexity index is 767. The lowest BCUT2D eigenvalue weighted by molar-refractivity contribution is 0.00578. The van der Waals surface area contributed by atoms with Crippen LogP contribution in [0.4, 0.5) is 0 Å². The normalized spacial score (nSPS) is 19.4. The molecule has 0 spiro atoms. The van der Waals surface area contributed by atoms with Crippen molar-refractivity contribution in [3.63, 3.8) is 0 Å². The van der Waals surface area contributed by atoms with Crippen LogP contribution in [-0.4, -0.2) is 42.6 Å². The minimum atomic E-state index is -1.11. The molecule has 5 nitrogen and oxygen atoms in total. The van der Waals surface area contributed by atoms with Crippen molar-refractivity contribution in [3.05, 3.63) is 24.4 Å². The third-order valence-electron chi connectivity index (χ3n) is 5.40. The van der Waals surface area contributed by atoms with Crippen LogP contribution in [0.15, 0.2) is 24.4 Å². The summed E-state index contributed by atoms with van der Waals surface area (Å²) in [6.45, 7) is 16.6. The molecule has 3 heterocycles. The zero-order chi connectivity index (χ0) is 19.2. The minimum absolute atomic E-state index is 0.370. The van der Waals surface area contributed by atoms with Crippen molar-refractivity contribution in [2.45, 2.75) is 71.3 Å². The Labute approximate surface area is 158 Å². The average molecular weight is 374 g/mol. The molecule has 0 bridgehead atoms. The predicted molar refractivity (Wildman–Crippen MR) is 110 cm³/mol. The largest absolute Gasteiger partial charge is 0.512 e. The number of hydrogen-bond donors (Lipinski definition) is 0. The summed E-state index contributed by atoms with van der Waals surface area (Å²) >= 11 is 0. The fraction of sp³-hybridized carbons (Fsp3) is 0.632. The van der Waals surface area contributed by atoms with E-state index in [9.17, 15) is 0 Å². The maximum absolute atomic E-state index is 6.26. The van der Waals surface area contributed by atoms with Crippen LogP contribution >= 0.6 is 0 Å². The van der Waals surface area contributed by atoms with E-state index < -0.39 is 15.2 Å². The highest BCUT2D eigenvalue weighted by Gasteiger charge is 2.52. The van der Waals surface area contributed by atoms with Crippen molar-refractivity contribution < 1.29 is 14.0 Å². The molecule has 1 fully saturated rings. The molecule has 0 unspecified atom stereocenters. The van der Waals surface area contributed by atoms with Crippen molar-refractivity contribution in [1.82, 2.24) is 9.55 Å². The molecule has 7 heteroatoms. The zero-order valence-corrected chi connectivity index (χ0v) is 18.1. The Morgan fingerprint density at radius 2 is 1.81 bits per heavy atom. The molecule has 0 atom stereocenters. The fourth-order valence-electron chi connectivity index (χ4n) is 2.94. The summed E-state index contributed by atoms with van der Waals surface area (Å²) in [5.41, 5.74) is 1.13. The molecule has 0 saturated carbocycles. The van der Waals surface area contributed by atoms with E-state index in [1.165, 1.54) is 0 Å². The molecule has 0 radical (unpaired) electrons. The lowest BCUT2D eigenvalue weighted by Crippen LogP contribution is -2.41. The second-order valence-corrected chi connectivity index (χ2v) is 15.0. The number of pyridine rings is 1. The molecule has 26 heavy (non-hydrogen) atoms. The third-order valence-corrected chi connectivity index (χ3v) is 7.10. The first kappa shape index (κ1) is 19.6. The highest BCUT2D eigenvalue weighted by atomic mass is 28.3. The van der Waals surface area contributed by atoms with Crippen molar-refractivity contribution >= 4 is 31.8 Å². The van der Waals surface area contributed by atoms with E-state index in [0.29, 0.717) is 6.73 Å². The van der Waals surface area contributed by atoms with Crippen LogP contribution in [0.3, 0.4) is 0 Å². The van der Waals surface area contributed by atoms with Crippen LogP contribution in [0.1, 0.15) is 27.7 Å². The van der Waals surface area contributed by atoms with Crippen molar-refractivity contribution in [1.29, 1.82) is 0 Å². The number of nitrogens with zero attached hydrogens (tertiary/aromatic N) is 2. The highest BCUT2D eigenvalue weighted by Crippen LogP contribution is 2.36. The van der Waals surface area contributed by atoms with Crippen LogP contribution < -0.4 is 5.59 Å². The maximum atomic E-state index is 6.26. The van der Waals surface area contributed by atoms with Gasteiger partial charge in [-0.15, -0.1) is 0 Å². The summed E-state index contributed by atoms with van der Waals surface area (Å²) in [7, 11) is -1.53. The van der Waals surface area contributed by atoms with Crippen molar-refractivity contribution in [3.8, 4) is 0 Å². The van der Waals surface area contributed by atoms with E-state index in [1.54, 1.807) is 0 Å². The van der Waals surface area contributed by atoms with E-state index >= 15 is 0 Å².